The van der Waals surface area contributed by atoms with E-state index < -0.39 is 0 Å². The first-order valence-corrected chi connectivity index (χ1v) is 5.95. The lowest BCUT2D eigenvalue weighted by Gasteiger charge is -2.18. The van der Waals surface area contributed by atoms with E-state index in [1.165, 1.54) is 32.8 Å². The predicted molar refractivity (Wildman–Crippen MR) is 62.8 cm³/mol. The van der Waals surface area contributed by atoms with E-state index in [1.807, 2.05) is 6.92 Å². The highest BCUT2D eigenvalue weighted by atomic mass is 16.5. The maximum Gasteiger partial charge on any atom is 0.322 e. The number of ether oxygens (including phenoxy) is 1. The number of carbonyl (C=O) groups excluding carboxylic acids is 1. The van der Waals surface area contributed by atoms with E-state index in [0.29, 0.717) is 6.04 Å². The Balaban J connectivity index is 3.55. The summed E-state index contributed by atoms with van der Waals surface area (Å²) >= 11 is 0. The normalized spacial score (nSPS) is 14.7. The van der Waals surface area contributed by atoms with Crippen LogP contribution in [0.2, 0.25) is 0 Å². The van der Waals surface area contributed by atoms with Gasteiger partial charge in [-0.05, 0) is 20.3 Å². The average Bonchev–Trinajstić information content (AvgIpc) is 2.23. The van der Waals surface area contributed by atoms with Crippen molar-refractivity contribution in [3.05, 3.63) is 0 Å². The van der Waals surface area contributed by atoms with Crippen molar-refractivity contribution in [1.82, 2.24) is 5.32 Å². The van der Waals surface area contributed by atoms with Crippen molar-refractivity contribution in [3.8, 4) is 0 Å². The monoisotopic (exact) mass is 215 g/mol. The number of nitrogens with one attached hydrogen (secondary N) is 1. The number of methoxy groups -OCH3 is 1. The summed E-state index contributed by atoms with van der Waals surface area (Å²) in [6, 6.07) is 0.187. The summed E-state index contributed by atoms with van der Waals surface area (Å²) in [5, 5.41) is 3.23. The molecule has 0 aliphatic heterocycles. The van der Waals surface area contributed by atoms with Gasteiger partial charge >= 0.3 is 5.97 Å². The topological polar surface area (TPSA) is 38.3 Å². The highest BCUT2D eigenvalue weighted by Gasteiger charge is 2.14. The summed E-state index contributed by atoms with van der Waals surface area (Å²) < 4.78 is 4.65. The Morgan fingerprint density at radius 2 is 1.93 bits per heavy atom. The molecule has 0 rings (SSSR count). The Labute approximate surface area is 93.6 Å². The minimum atomic E-state index is -0.198. The van der Waals surface area contributed by atoms with Crippen LogP contribution < -0.4 is 5.32 Å². The van der Waals surface area contributed by atoms with Gasteiger partial charge in [0, 0.05) is 6.04 Å². The first-order chi connectivity index (χ1) is 7.11. The van der Waals surface area contributed by atoms with Crippen molar-refractivity contribution in [2.45, 2.75) is 65.0 Å². The van der Waals surface area contributed by atoms with Crippen molar-refractivity contribution in [2.75, 3.05) is 7.11 Å². The van der Waals surface area contributed by atoms with E-state index >= 15 is 0 Å². The van der Waals surface area contributed by atoms with Crippen molar-refractivity contribution in [2.24, 2.45) is 0 Å². The van der Waals surface area contributed by atoms with Gasteiger partial charge in [-0.2, -0.15) is 0 Å². The predicted octanol–water partition coefficient (Wildman–Crippen LogP) is 2.50. The van der Waals surface area contributed by atoms with E-state index in [1.54, 1.807) is 0 Å². The van der Waals surface area contributed by atoms with Gasteiger partial charge in [0.15, 0.2) is 0 Å². The van der Waals surface area contributed by atoms with Crippen LogP contribution in [-0.2, 0) is 9.53 Å². The molecule has 0 heterocycles. The SMILES string of the molecule is CCCCCCC(C)N[C@@H](C)C(=O)OC. The number of rotatable bonds is 8. The van der Waals surface area contributed by atoms with Crippen LogP contribution in [0.15, 0.2) is 0 Å². The van der Waals surface area contributed by atoms with Crippen molar-refractivity contribution < 1.29 is 9.53 Å². The second-order valence-electron chi connectivity index (χ2n) is 4.16. The fourth-order valence-corrected chi connectivity index (χ4v) is 1.63. The van der Waals surface area contributed by atoms with Gasteiger partial charge in [0.1, 0.15) is 6.04 Å². The molecule has 0 radical (unpaired) electrons. The first kappa shape index (κ1) is 14.4. The summed E-state index contributed by atoms with van der Waals surface area (Å²) in [7, 11) is 1.42. The zero-order valence-corrected chi connectivity index (χ0v) is 10.5. The number of hydrogen-bond donors (Lipinski definition) is 1. The lowest BCUT2D eigenvalue weighted by molar-refractivity contribution is -0.142. The molecule has 90 valence electrons. The molecule has 2 atom stereocenters. The second kappa shape index (κ2) is 8.72. The van der Waals surface area contributed by atoms with Crippen LogP contribution in [0.3, 0.4) is 0 Å². The molecule has 1 N–H and O–H groups in total. The molecule has 0 aromatic heterocycles. The van der Waals surface area contributed by atoms with Gasteiger partial charge in [-0.1, -0.05) is 32.6 Å². The quantitative estimate of drug-likeness (QED) is 0.499. The van der Waals surface area contributed by atoms with E-state index in [2.05, 4.69) is 23.9 Å². The molecule has 15 heavy (non-hydrogen) atoms. The number of esters is 1. The number of hydrogen-bond acceptors (Lipinski definition) is 3. The van der Waals surface area contributed by atoms with E-state index in [4.69, 9.17) is 0 Å². The summed E-state index contributed by atoms with van der Waals surface area (Å²) in [4.78, 5) is 11.1. The molecule has 0 saturated heterocycles. The zero-order chi connectivity index (χ0) is 11.7. The Hall–Kier alpha value is -0.570. The maximum atomic E-state index is 11.1. The third-order valence-corrected chi connectivity index (χ3v) is 2.58. The lowest BCUT2D eigenvalue weighted by Crippen LogP contribution is -2.40. The minimum Gasteiger partial charge on any atom is -0.468 e. The van der Waals surface area contributed by atoms with Gasteiger partial charge < -0.3 is 10.1 Å². The van der Waals surface area contributed by atoms with Crippen LogP contribution in [0.25, 0.3) is 0 Å². The Morgan fingerprint density at radius 1 is 1.27 bits per heavy atom. The molecule has 0 aliphatic carbocycles. The molecule has 0 spiro atoms. The van der Waals surface area contributed by atoms with Crippen LogP contribution >= 0.6 is 0 Å². The van der Waals surface area contributed by atoms with Crippen molar-refractivity contribution >= 4 is 5.97 Å². The molecule has 0 saturated carbocycles. The second-order valence-corrected chi connectivity index (χ2v) is 4.16. The summed E-state index contributed by atoms with van der Waals surface area (Å²) in [6.45, 7) is 6.17. The van der Waals surface area contributed by atoms with Crippen LogP contribution in [0.4, 0.5) is 0 Å². The van der Waals surface area contributed by atoms with Gasteiger partial charge in [0.25, 0.3) is 0 Å². The van der Waals surface area contributed by atoms with Crippen molar-refractivity contribution in [3.63, 3.8) is 0 Å². The summed E-state index contributed by atoms with van der Waals surface area (Å²) in [5.74, 6) is -0.185. The highest BCUT2D eigenvalue weighted by molar-refractivity contribution is 5.75. The molecule has 0 amide bonds. The molecule has 3 heteroatoms. The fraction of sp³-hybridized carbons (Fsp3) is 0.917. The van der Waals surface area contributed by atoms with Gasteiger partial charge in [-0.15, -0.1) is 0 Å². The number of carbonyl (C=O) groups is 1. The third-order valence-electron chi connectivity index (χ3n) is 2.58. The molecular formula is C12H25NO2. The lowest BCUT2D eigenvalue weighted by atomic mass is 10.1. The molecule has 3 nitrogen and oxygen atoms in total. The maximum absolute atomic E-state index is 11.1. The van der Waals surface area contributed by atoms with Crippen LogP contribution in [0, 0.1) is 0 Å². The number of unbranched alkanes of at least 4 members (excludes halogenated alkanes) is 3. The Kier molecular flexibility index (Phi) is 8.38. The summed E-state index contributed by atoms with van der Waals surface area (Å²) in [5.41, 5.74) is 0. The third kappa shape index (κ3) is 7.37. The largest absolute Gasteiger partial charge is 0.468 e. The zero-order valence-electron chi connectivity index (χ0n) is 10.5. The molecule has 0 bridgehead atoms. The minimum absolute atomic E-state index is 0.185. The van der Waals surface area contributed by atoms with Gasteiger partial charge in [-0.25, -0.2) is 0 Å². The molecule has 0 fully saturated rings. The fourth-order valence-electron chi connectivity index (χ4n) is 1.63. The van der Waals surface area contributed by atoms with Gasteiger partial charge in [0.2, 0.25) is 0 Å². The van der Waals surface area contributed by atoms with Crippen LogP contribution in [-0.4, -0.2) is 25.2 Å². The Bertz CT molecular complexity index is 171. The summed E-state index contributed by atoms with van der Waals surface area (Å²) in [6.07, 6.45) is 6.21. The molecule has 0 aliphatic rings. The standard InChI is InChI=1S/C12H25NO2/c1-5-6-7-8-9-10(2)13-11(3)12(14)15-4/h10-11,13H,5-9H2,1-4H3/t10?,11-/m0/s1. The van der Waals surface area contributed by atoms with E-state index in [-0.39, 0.29) is 12.0 Å². The van der Waals surface area contributed by atoms with Crippen molar-refractivity contribution in [1.29, 1.82) is 0 Å². The van der Waals surface area contributed by atoms with Crippen LogP contribution in [0.1, 0.15) is 52.9 Å². The van der Waals surface area contributed by atoms with Crippen LogP contribution in [0.5, 0.6) is 0 Å². The smallest absolute Gasteiger partial charge is 0.322 e. The first-order valence-electron chi connectivity index (χ1n) is 5.95. The van der Waals surface area contributed by atoms with Gasteiger partial charge in [-0.3, -0.25) is 4.79 Å². The molecular weight excluding hydrogens is 190 g/mol. The average molecular weight is 215 g/mol. The van der Waals surface area contributed by atoms with E-state index in [0.717, 1.165) is 6.42 Å². The molecule has 0 aromatic carbocycles. The Morgan fingerprint density at radius 3 is 2.47 bits per heavy atom. The molecule has 1 unspecified atom stereocenters. The van der Waals surface area contributed by atoms with Gasteiger partial charge in [0.05, 0.1) is 7.11 Å². The molecule has 0 aromatic rings. The van der Waals surface area contributed by atoms with E-state index in [9.17, 15) is 4.79 Å². The highest BCUT2D eigenvalue weighted by Crippen LogP contribution is 2.05.